The topological polar surface area (TPSA) is 76.1 Å². The number of anilines is 1. The largest absolute Gasteiger partial charge is 0.392 e. The quantitative estimate of drug-likeness (QED) is 0.751. The summed E-state index contributed by atoms with van der Waals surface area (Å²) in [4.78, 5) is 4.57. The summed E-state index contributed by atoms with van der Waals surface area (Å²) in [5.74, 6) is 1.51. The van der Waals surface area contributed by atoms with Crippen LogP contribution < -0.4 is 5.32 Å². The van der Waals surface area contributed by atoms with Gasteiger partial charge in [0, 0.05) is 12.6 Å². The van der Waals surface area contributed by atoms with Crippen LogP contribution in [-0.2, 0) is 6.54 Å². The SMILES string of the molecule is Cc1cc(Cn2c(NCC(C)O)nc3ccccc32)no1. The van der Waals surface area contributed by atoms with Gasteiger partial charge in [0.05, 0.1) is 23.7 Å². The number of nitrogens with zero attached hydrogens (tertiary/aromatic N) is 3. The normalized spacial score (nSPS) is 12.7. The molecular weight excluding hydrogens is 268 g/mol. The molecule has 3 rings (SSSR count). The number of nitrogens with one attached hydrogen (secondary N) is 1. The van der Waals surface area contributed by atoms with Crippen molar-refractivity contribution in [1.29, 1.82) is 0 Å². The highest BCUT2D eigenvalue weighted by Crippen LogP contribution is 2.21. The van der Waals surface area contributed by atoms with Crippen LogP contribution in [-0.4, -0.2) is 32.5 Å². The Morgan fingerprint density at radius 1 is 1.38 bits per heavy atom. The molecule has 0 amide bonds. The van der Waals surface area contributed by atoms with Crippen molar-refractivity contribution in [3.05, 3.63) is 41.8 Å². The molecule has 0 bridgehead atoms. The fourth-order valence-electron chi connectivity index (χ4n) is 2.26. The third kappa shape index (κ3) is 2.90. The summed E-state index contributed by atoms with van der Waals surface area (Å²) in [6.07, 6.45) is -0.437. The molecule has 1 atom stereocenters. The molecule has 110 valence electrons. The summed E-state index contributed by atoms with van der Waals surface area (Å²) in [6, 6.07) is 9.83. The maximum Gasteiger partial charge on any atom is 0.204 e. The lowest BCUT2D eigenvalue weighted by Gasteiger charge is -2.10. The lowest BCUT2D eigenvalue weighted by Crippen LogP contribution is -2.18. The highest BCUT2D eigenvalue weighted by Gasteiger charge is 2.12. The maximum atomic E-state index is 9.45. The van der Waals surface area contributed by atoms with Crippen LogP contribution in [0.3, 0.4) is 0 Å². The Labute approximate surface area is 122 Å². The van der Waals surface area contributed by atoms with Crippen molar-refractivity contribution in [3.63, 3.8) is 0 Å². The molecule has 0 aliphatic heterocycles. The zero-order valence-electron chi connectivity index (χ0n) is 12.1. The van der Waals surface area contributed by atoms with Gasteiger partial charge in [0.2, 0.25) is 5.95 Å². The van der Waals surface area contributed by atoms with E-state index in [1.54, 1.807) is 6.92 Å². The van der Waals surface area contributed by atoms with E-state index in [1.165, 1.54) is 0 Å². The Bertz CT molecular complexity index is 745. The van der Waals surface area contributed by atoms with Crippen molar-refractivity contribution in [2.75, 3.05) is 11.9 Å². The Hall–Kier alpha value is -2.34. The molecule has 1 unspecified atom stereocenters. The number of para-hydroxylation sites is 2. The average molecular weight is 286 g/mol. The molecule has 6 nitrogen and oxygen atoms in total. The van der Waals surface area contributed by atoms with E-state index in [4.69, 9.17) is 4.52 Å². The van der Waals surface area contributed by atoms with Gasteiger partial charge in [-0.3, -0.25) is 0 Å². The minimum Gasteiger partial charge on any atom is -0.392 e. The lowest BCUT2D eigenvalue weighted by molar-refractivity contribution is 0.208. The number of imidazole rings is 1. The molecule has 0 saturated heterocycles. The van der Waals surface area contributed by atoms with Crippen molar-refractivity contribution in [1.82, 2.24) is 14.7 Å². The van der Waals surface area contributed by atoms with Gasteiger partial charge in [0.15, 0.2) is 0 Å². The predicted molar refractivity (Wildman–Crippen MR) is 80.2 cm³/mol. The molecule has 0 spiro atoms. The standard InChI is InChI=1S/C15H18N4O2/c1-10(20)8-16-15-17-13-5-3-4-6-14(13)19(15)9-12-7-11(2)21-18-12/h3-7,10,20H,8-9H2,1-2H3,(H,16,17). The summed E-state index contributed by atoms with van der Waals surface area (Å²) in [5.41, 5.74) is 2.77. The van der Waals surface area contributed by atoms with E-state index in [1.807, 2.05) is 41.8 Å². The van der Waals surface area contributed by atoms with Gasteiger partial charge in [-0.15, -0.1) is 0 Å². The number of aryl methyl sites for hydroxylation is 1. The molecule has 0 aliphatic carbocycles. The second kappa shape index (κ2) is 5.57. The Balaban J connectivity index is 1.98. The van der Waals surface area contributed by atoms with Gasteiger partial charge in [-0.25, -0.2) is 4.98 Å². The lowest BCUT2D eigenvalue weighted by atomic mass is 10.3. The second-order valence-corrected chi connectivity index (χ2v) is 5.17. The smallest absolute Gasteiger partial charge is 0.204 e. The van der Waals surface area contributed by atoms with E-state index in [-0.39, 0.29) is 0 Å². The third-order valence-electron chi connectivity index (χ3n) is 3.21. The molecule has 3 aromatic rings. The predicted octanol–water partition coefficient (Wildman–Crippen LogP) is 2.17. The number of aliphatic hydroxyl groups is 1. The van der Waals surface area contributed by atoms with Crippen LogP contribution in [0.5, 0.6) is 0 Å². The van der Waals surface area contributed by atoms with Crippen LogP contribution in [0, 0.1) is 6.92 Å². The van der Waals surface area contributed by atoms with E-state index < -0.39 is 6.10 Å². The van der Waals surface area contributed by atoms with Crippen LogP contribution in [0.2, 0.25) is 0 Å². The molecule has 0 aliphatic rings. The van der Waals surface area contributed by atoms with E-state index in [0.29, 0.717) is 13.1 Å². The number of aromatic nitrogens is 3. The number of hydrogen-bond donors (Lipinski definition) is 2. The average Bonchev–Trinajstić information content (AvgIpc) is 3.01. The first-order valence-corrected chi connectivity index (χ1v) is 6.93. The summed E-state index contributed by atoms with van der Waals surface area (Å²) < 4.78 is 7.16. The van der Waals surface area contributed by atoms with E-state index in [2.05, 4.69) is 15.5 Å². The van der Waals surface area contributed by atoms with Crippen molar-refractivity contribution in [3.8, 4) is 0 Å². The van der Waals surface area contributed by atoms with E-state index in [9.17, 15) is 5.11 Å². The molecule has 2 N–H and O–H groups in total. The van der Waals surface area contributed by atoms with E-state index >= 15 is 0 Å². The Morgan fingerprint density at radius 3 is 2.90 bits per heavy atom. The first-order valence-electron chi connectivity index (χ1n) is 6.93. The highest BCUT2D eigenvalue weighted by molar-refractivity contribution is 5.78. The van der Waals surface area contributed by atoms with Crippen molar-refractivity contribution < 1.29 is 9.63 Å². The van der Waals surface area contributed by atoms with Gasteiger partial charge in [0.1, 0.15) is 11.5 Å². The molecule has 0 radical (unpaired) electrons. The highest BCUT2D eigenvalue weighted by atomic mass is 16.5. The van der Waals surface area contributed by atoms with Gasteiger partial charge in [-0.05, 0) is 26.0 Å². The number of hydrogen-bond acceptors (Lipinski definition) is 5. The minimum absolute atomic E-state index is 0.437. The maximum absolute atomic E-state index is 9.45. The van der Waals surface area contributed by atoms with Crippen LogP contribution in [0.1, 0.15) is 18.4 Å². The summed E-state index contributed by atoms with van der Waals surface area (Å²) in [7, 11) is 0. The summed E-state index contributed by atoms with van der Waals surface area (Å²) in [5, 5.41) is 16.7. The van der Waals surface area contributed by atoms with Crippen molar-refractivity contribution in [2.24, 2.45) is 0 Å². The minimum atomic E-state index is -0.437. The van der Waals surface area contributed by atoms with Crippen molar-refractivity contribution >= 4 is 17.0 Å². The zero-order chi connectivity index (χ0) is 14.8. The van der Waals surface area contributed by atoms with Gasteiger partial charge in [-0.1, -0.05) is 17.3 Å². The molecular formula is C15H18N4O2. The monoisotopic (exact) mass is 286 g/mol. The second-order valence-electron chi connectivity index (χ2n) is 5.17. The molecule has 21 heavy (non-hydrogen) atoms. The van der Waals surface area contributed by atoms with Gasteiger partial charge >= 0.3 is 0 Å². The fourth-order valence-corrected chi connectivity index (χ4v) is 2.26. The molecule has 1 aromatic carbocycles. The summed E-state index contributed by atoms with van der Waals surface area (Å²) >= 11 is 0. The van der Waals surface area contributed by atoms with Crippen LogP contribution in [0.15, 0.2) is 34.9 Å². The van der Waals surface area contributed by atoms with Crippen LogP contribution >= 0.6 is 0 Å². The van der Waals surface area contributed by atoms with E-state index in [0.717, 1.165) is 28.4 Å². The Kier molecular flexibility index (Phi) is 3.62. The third-order valence-corrected chi connectivity index (χ3v) is 3.21. The number of fused-ring (bicyclic) bond motifs is 1. The fraction of sp³-hybridized carbons (Fsp3) is 0.333. The molecule has 0 fully saturated rings. The Morgan fingerprint density at radius 2 is 2.19 bits per heavy atom. The molecule has 6 heteroatoms. The van der Waals surface area contributed by atoms with Crippen LogP contribution in [0.25, 0.3) is 11.0 Å². The number of aliphatic hydroxyl groups excluding tert-OH is 1. The van der Waals surface area contributed by atoms with Crippen molar-refractivity contribution in [2.45, 2.75) is 26.5 Å². The molecule has 2 heterocycles. The summed E-state index contributed by atoms with van der Waals surface area (Å²) in [6.45, 7) is 4.62. The number of rotatable bonds is 5. The number of benzene rings is 1. The van der Waals surface area contributed by atoms with Gasteiger partial charge in [-0.2, -0.15) is 0 Å². The zero-order valence-corrected chi connectivity index (χ0v) is 12.1. The molecule has 0 saturated carbocycles. The first kappa shape index (κ1) is 13.6. The van der Waals surface area contributed by atoms with Crippen LogP contribution in [0.4, 0.5) is 5.95 Å². The first-order chi connectivity index (χ1) is 10.1. The van der Waals surface area contributed by atoms with Gasteiger partial charge in [0.25, 0.3) is 0 Å². The van der Waals surface area contributed by atoms with Gasteiger partial charge < -0.3 is 19.5 Å². The molecule has 2 aromatic heterocycles.